The van der Waals surface area contributed by atoms with Crippen molar-refractivity contribution >= 4 is 0 Å². The summed E-state index contributed by atoms with van der Waals surface area (Å²) in [5.41, 5.74) is 1.74. The second kappa shape index (κ2) is 11.4. The zero-order chi connectivity index (χ0) is 16.2. The molecular formula is C18H31NO3. The molecule has 0 radical (unpaired) electrons. The Morgan fingerprint density at radius 2 is 1.59 bits per heavy atom. The van der Waals surface area contributed by atoms with Crippen molar-refractivity contribution in [2.75, 3.05) is 6.61 Å². The molecule has 3 N–H and O–H groups in total. The summed E-state index contributed by atoms with van der Waals surface area (Å²) in [4.78, 5) is 4.36. The molecule has 0 aliphatic rings. The highest BCUT2D eigenvalue weighted by molar-refractivity contribution is 5.26. The summed E-state index contributed by atoms with van der Waals surface area (Å²) in [6, 6.07) is 3.60. The molecule has 1 rings (SSSR count). The molecule has 0 aromatic carbocycles. The molecule has 4 nitrogen and oxygen atoms in total. The molecule has 126 valence electrons. The molecule has 0 aliphatic heterocycles. The van der Waals surface area contributed by atoms with Crippen molar-refractivity contribution < 1.29 is 15.3 Å². The van der Waals surface area contributed by atoms with E-state index in [1.807, 2.05) is 13.0 Å². The number of aromatic nitrogens is 1. The van der Waals surface area contributed by atoms with Crippen LogP contribution in [-0.2, 0) is 6.42 Å². The highest BCUT2D eigenvalue weighted by Gasteiger charge is 2.04. The van der Waals surface area contributed by atoms with Gasteiger partial charge in [0.05, 0.1) is 11.8 Å². The van der Waals surface area contributed by atoms with Crippen LogP contribution in [0.3, 0.4) is 0 Å². The summed E-state index contributed by atoms with van der Waals surface area (Å²) >= 11 is 0. The van der Waals surface area contributed by atoms with Gasteiger partial charge in [0.1, 0.15) is 5.75 Å². The minimum atomic E-state index is -0.180. The van der Waals surface area contributed by atoms with Crippen molar-refractivity contribution in [2.24, 2.45) is 0 Å². The molecule has 22 heavy (non-hydrogen) atoms. The maximum absolute atomic E-state index is 9.84. The number of hydrogen-bond donors (Lipinski definition) is 3. The largest absolute Gasteiger partial charge is 0.506 e. The summed E-state index contributed by atoms with van der Waals surface area (Å²) < 4.78 is 0. The molecule has 0 amide bonds. The molecule has 0 bridgehead atoms. The van der Waals surface area contributed by atoms with Gasteiger partial charge in [-0.25, -0.2) is 0 Å². The molecule has 0 saturated carbocycles. The van der Waals surface area contributed by atoms with Crippen LogP contribution in [0.2, 0.25) is 0 Å². The summed E-state index contributed by atoms with van der Waals surface area (Å²) in [6.07, 6.45) is 9.84. The third-order valence-corrected chi connectivity index (χ3v) is 4.03. The summed E-state index contributed by atoms with van der Waals surface area (Å²) in [5.74, 6) is 0.261. The quantitative estimate of drug-likeness (QED) is 0.517. The number of aryl methyl sites for hydroxylation is 2. The molecule has 0 fully saturated rings. The number of aliphatic hydroxyl groups is 2. The van der Waals surface area contributed by atoms with Crippen LogP contribution in [0, 0.1) is 6.92 Å². The number of nitrogens with zero attached hydrogens (tertiary/aromatic N) is 1. The van der Waals surface area contributed by atoms with Gasteiger partial charge in [0.25, 0.3) is 0 Å². The highest BCUT2D eigenvalue weighted by atomic mass is 16.3. The Morgan fingerprint density at radius 1 is 0.955 bits per heavy atom. The summed E-state index contributed by atoms with van der Waals surface area (Å²) in [6.45, 7) is 2.08. The lowest BCUT2D eigenvalue weighted by Gasteiger charge is -2.10. The fourth-order valence-electron chi connectivity index (χ4n) is 2.60. The van der Waals surface area contributed by atoms with Gasteiger partial charge in [0.15, 0.2) is 0 Å². The number of aliphatic hydroxyl groups excluding tert-OH is 2. The molecule has 1 heterocycles. The minimum absolute atomic E-state index is 0.180. The van der Waals surface area contributed by atoms with Crippen LogP contribution in [0.5, 0.6) is 5.75 Å². The number of rotatable bonds is 12. The van der Waals surface area contributed by atoms with Crippen LogP contribution < -0.4 is 0 Å². The third kappa shape index (κ3) is 8.35. The van der Waals surface area contributed by atoms with Crippen molar-refractivity contribution in [1.29, 1.82) is 0 Å². The predicted octanol–water partition coefficient (Wildman–Crippen LogP) is 3.50. The van der Waals surface area contributed by atoms with Crippen LogP contribution in [-0.4, -0.2) is 33.0 Å². The lowest BCUT2D eigenvalue weighted by molar-refractivity contribution is 0.146. The molecular weight excluding hydrogens is 278 g/mol. The average Bonchev–Trinajstić information content (AvgIpc) is 2.50. The van der Waals surface area contributed by atoms with Crippen molar-refractivity contribution in [3.8, 4) is 5.75 Å². The Hall–Kier alpha value is -1.13. The normalized spacial score (nSPS) is 12.5. The van der Waals surface area contributed by atoms with E-state index in [9.17, 15) is 10.2 Å². The maximum Gasteiger partial charge on any atom is 0.136 e. The second-order valence-corrected chi connectivity index (χ2v) is 6.09. The van der Waals surface area contributed by atoms with E-state index in [2.05, 4.69) is 4.98 Å². The van der Waals surface area contributed by atoms with E-state index in [-0.39, 0.29) is 18.5 Å². The van der Waals surface area contributed by atoms with E-state index >= 15 is 0 Å². The predicted molar refractivity (Wildman–Crippen MR) is 89.0 cm³/mol. The monoisotopic (exact) mass is 309 g/mol. The van der Waals surface area contributed by atoms with E-state index < -0.39 is 0 Å². The number of unbranched alkanes of at least 4 members (excludes halogenated alkanes) is 5. The van der Waals surface area contributed by atoms with Gasteiger partial charge in [-0.3, -0.25) is 4.98 Å². The molecule has 1 aromatic heterocycles. The Kier molecular flexibility index (Phi) is 9.84. The van der Waals surface area contributed by atoms with Crippen molar-refractivity contribution in [3.63, 3.8) is 0 Å². The Balaban J connectivity index is 2.00. The van der Waals surface area contributed by atoms with Crippen LogP contribution >= 0.6 is 0 Å². The lowest BCUT2D eigenvalue weighted by Crippen LogP contribution is -2.06. The first-order valence-electron chi connectivity index (χ1n) is 8.58. The third-order valence-electron chi connectivity index (χ3n) is 4.03. The molecule has 1 aromatic rings. The van der Waals surface area contributed by atoms with Gasteiger partial charge in [-0.2, -0.15) is 0 Å². The van der Waals surface area contributed by atoms with Gasteiger partial charge in [-0.1, -0.05) is 32.1 Å². The smallest absolute Gasteiger partial charge is 0.136 e. The van der Waals surface area contributed by atoms with E-state index in [4.69, 9.17) is 5.11 Å². The first-order valence-corrected chi connectivity index (χ1v) is 8.58. The zero-order valence-corrected chi connectivity index (χ0v) is 13.8. The van der Waals surface area contributed by atoms with Gasteiger partial charge in [-0.05, 0) is 51.2 Å². The average molecular weight is 309 g/mol. The molecule has 4 heteroatoms. The fourth-order valence-corrected chi connectivity index (χ4v) is 2.60. The summed E-state index contributed by atoms with van der Waals surface area (Å²) in [7, 11) is 0. The van der Waals surface area contributed by atoms with E-state index in [1.54, 1.807) is 6.07 Å². The highest BCUT2D eigenvalue weighted by Crippen LogP contribution is 2.16. The van der Waals surface area contributed by atoms with E-state index in [0.717, 1.165) is 69.9 Å². The van der Waals surface area contributed by atoms with Gasteiger partial charge in [-0.15, -0.1) is 0 Å². The Labute approximate surface area is 134 Å². The lowest BCUT2D eigenvalue weighted by atomic mass is 10.0. The molecule has 0 aliphatic carbocycles. The standard InChI is InChI=1S/C18H31NO3/c1-15-18(22)13-12-16(19-15)9-5-2-3-6-10-17(21)11-7-4-8-14-20/h12-13,17,20-22H,2-11,14H2,1H3. The van der Waals surface area contributed by atoms with Crippen molar-refractivity contribution in [2.45, 2.75) is 77.2 Å². The topological polar surface area (TPSA) is 73.6 Å². The first-order chi connectivity index (χ1) is 10.6. The van der Waals surface area contributed by atoms with Crippen LogP contribution in [0.4, 0.5) is 0 Å². The van der Waals surface area contributed by atoms with E-state index in [0.29, 0.717) is 5.69 Å². The fraction of sp³-hybridized carbons (Fsp3) is 0.722. The molecule has 1 unspecified atom stereocenters. The first kappa shape index (κ1) is 18.9. The van der Waals surface area contributed by atoms with Crippen LogP contribution in [0.1, 0.15) is 69.2 Å². The van der Waals surface area contributed by atoms with Crippen LogP contribution in [0.15, 0.2) is 12.1 Å². The molecule has 1 atom stereocenters. The van der Waals surface area contributed by atoms with E-state index in [1.165, 1.54) is 0 Å². The number of aromatic hydroxyl groups is 1. The number of hydrogen-bond acceptors (Lipinski definition) is 4. The van der Waals surface area contributed by atoms with Gasteiger partial charge < -0.3 is 15.3 Å². The Bertz CT molecular complexity index is 409. The number of pyridine rings is 1. The molecule has 0 saturated heterocycles. The molecule has 0 spiro atoms. The van der Waals surface area contributed by atoms with Gasteiger partial charge in [0.2, 0.25) is 0 Å². The second-order valence-electron chi connectivity index (χ2n) is 6.09. The zero-order valence-electron chi connectivity index (χ0n) is 13.8. The van der Waals surface area contributed by atoms with Gasteiger partial charge >= 0.3 is 0 Å². The van der Waals surface area contributed by atoms with Crippen LogP contribution in [0.25, 0.3) is 0 Å². The maximum atomic E-state index is 9.84. The Morgan fingerprint density at radius 3 is 2.23 bits per heavy atom. The SMILES string of the molecule is Cc1nc(CCCCCCC(O)CCCCCO)ccc1O. The summed E-state index contributed by atoms with van der Waals surface area (Å²) in [5, 5.41) is 28.0. The van der Waals surface area contributed by atoms with Crippen molar-refractivity contribution in [3.05, 3.63) is 23.5 Å². The van der Waals surface area contributed by atoms with Gasteiger partial charge in [0, 0.05) is 12.3 Å². The minimum Gasteiger partial charge on any atom is -0.506 e. The van der Waals surface area contributed by atoms with Crippen molar-refractivity contribution in [1.82, 2.24) is 4.98 Å².